The highest BCUT2D eigenvalue weighted by atomic mass is 127. The highest BCUT2D eigenvalue weighted by molar-refractivity contribution is 14.1. The Morgan fingerprint density at radius 2 is 2.00 bits per heavy atom. The second-order valence-corrected chi connectivity index (χ2v) is 7.32. The molecule has 0 radical (unpaired) electrons. The van der Waals surface area contributed by atoms with Crippen molar-refractivity contribution in [3.8, 4) is 0 Å². The van der Waals surface area contributed by atoms with E-state index in [1.807, 2.05) is 11.5 Å². The zero-order valence-corrected chi connectivity index (χ0v) is 15.0. The quantitative estimate of drug-likeness (QED) is 0.407. The molecule has 0 aliphatic heterocycles. The van der Waals surface area contributed by atoms with Crippen LogP contribution in [0.3, 0.4) is 0 Å². The second kappa shape index (κ2) is 6.70. The Morgan fingerprint density at radius 3 is 2.58 bits per heavy atom. The van der Waals surface area contributed by atoms with Crippen LogP contribution in [-0.4, -0.2) is 14.9 Å². The summed E-state index contributed by atoms with van der Waals surface area (Å²) < 4.78 is 2.58. The largest absolute Gasteiger partial charge is 0.295 e. The lowest BCUT2D eigenvalue weighted by Gasteiger charge is -2.32. The van der Waals surface area contributed by atoms with Crippen LogP contribution in [0, 0.1) is 15.9 Å². The van der Waals surface area contributed by atoms with E-state index in [4.69, 9.17) is 0 Å². The van der Waals surface area contributed by atoms with Crippen molar-refractivity contribution in [3.63, 3.8) is 0 Å². The molecule has 0 bridgehead atoms. The van der Waals surface area contributed by atoms with Gasteiger partial charge in [0.15, 0.2) is 0 Å². The molecule has 5 heteroatoms. The first-order chi connectivity index (χ1) is 9.08. The summed E-state index contributed by atoms with van der Waals surface area (Å²) in [6.07, 6.45) is 9.28. The maximum absolute atomic E-state index is 12.3. The van der Waals surface area contributed by atoms with Gasteiger partial charge in [-0.1, -0.05) is 41.6 Å². The topological polar surface area (TPSA) is 34.9 Å². The monoisotopic (exact) mass is 438 g/mol. The van der Waals surface area contributed by atoms with Crippen molar-refractivity contribution >= 4 is 38.5 Å². The van der Waals surface area contributed by atoms with Crippen LogP contribution in [0.5, 0.6) is 0 Å². The fourth-order valence-electron chi connectivity index (χ4n) is 2.89. The van der Waals surface area contributed by atoms with E-state index in [1.54, 1.807) is 6.20 Å². The first-order valence-electron chi connectivity index (χ1n) is 6.86. The summed E-state index contributed by atoms with van der Waals surface area (Å²) in [5, 5.41) is 0.970. The van der Waals surface area contributed by atoms with Gasteiger partial charge in [-0.05, 0) is 47.8 Å². The van der Waals surface area contributed by atoms with E-state index in [2.05, 4.69) is 43.5 Å². The minimum atomic E-state index is 0.109. The fourth-order valence-corrected chi connectivity index (χ4v) is 4.05. The lowest BCUT2D eigenvalue weighted by Crippen LogP contribution is -2.36. The molecule has 19 heavy (non-hydrogen) atoms. The summed E-state index contributed by atoms with van der Waals surface area (Å²) in [6, 6.07) is 0. The average Bonchev–Trinajstić information content (AvgIpc) is 2.65. The average molecular weight is 439 g/mol. The molecule has 0 aromatic carbocycles. The lowest BCUT2D eigenvalue weighted by molar-refractivity contribution is 0.236. The molecule has 0 N–H and O–H groups in total. The number of aryl methyl sites for hydroxylation is 1. The van der Waals surface area contributed by atoms with Gasteiger partial charge in [0.25, 0.3) is 5.56 Å². The van der Waals surface area contributed by atoms with Gasteiger partial charge in [0.05, 0.1) is 3.57 Å². The molecule has 1 aromatic rings. The van der Waals surface area contributed by atoms with Crippen LogP contribution in [0.2, 0.25) is 0 Å². The van der Waals surface area contributed by atoms with Gasteiger partial charge in [-0.25, -0.2) is 4.98 Å². The molecule has 0 saturated heterocycles. The summed E-state index contributed by atoms with van der Waals surface area (Å²) in [6.45, 7) is 2.73. The van der Waals surface area contributed by atoms with Gasteiger partial charge in [-0.3, -0.25) is 9.36 Å². The molecule has 1 aliphatic rings. The van der Waals surface area contributed by atoms with E-state index in [1.165, 1.54) is 38.5 Å². The zero-order valence-electron chi connectivity index (χ0n) is 11.3. The summed E-state index contributed by atoms with van der Waals surface area (Å²) >= 11 is 5.77. The van der Waals surface area contributed by atoms with E-state index in [9.17, 15) is 4.79 Å². The molecular weight excluding hydrogens is 419 g/mol. The Labute approximate surface area is 136 Å². The molecule has 1 fully saturated rings. The third kappa shape index (κ3) is 3.60. The molecule has 106 valence electrons. The zero-order chi connectivity index (χ0) is 13.9. The standard InChI is InChI=1S/C14H20BrIN2O/c1-11-17-8-12(16)13(19)18(11)10-14(9-15)6-4-2-3-5-7-14/h8H,2-7,9-10H2,1H3. The van der Waals surface area contributed by atoms with E-state index >= 15 is 0 Å². The number of halogens is 2. The Bertz CT molecular complexity index is 493. The van der Waals surface area contributed by atoms with Gasteiger partial charge < -0.3 is 0 Å². The molecule has 0 amide bonds. The van der Waals surface area contributed by atoms with Crippen LogP contribution in [-0.2, 0) is 6.54 Å². The number of rotatable bonds is 3. The van der Waals surface area contributed by atoms with Crippen LogP contribution in [0.15, 0.2) is 11.0 Å². The van der Waals surface area contributed by atoms with Crippen LogP contribution in [0.4, 0.5) is 0 Å². The molecule has 1 aliphatic carbocycles. The van der Waals surface area contributed by atoms with Gasteiger partial charge in [0.2, 0.25) is 0 Å². The van der Waals surface area contributed by atoms with E-state index in [-0.39, 0.29) is 11.0 Å². The maximum Gasteiger partial charge on any atom is 0.266 e. The Balaban J connectivity index is 2.32. The van der Waals surface area contributed by atoms with Gasteiger partial charge in [0, 0.05) is 18.1 Å². The highest BCUT2D eigenvalue weighted by Gasteiger charge is 2.31. The number of aromatic nitrogens is 2. The number of hydrogen-bond acceptors (Lipinski definition) is 2. The van der Waals surface area contributed by atoms with Crippen molar-refractivity contribution in [2.45, 2.75) is 52.0 Å². The van der Waals surface area contributed by atoms with Crippen molar-refractivity contribution in [2.75, 3.05) is 5.33 Å². The minimum Gasteiger partial charge on any atom is -0.295 e. The van der Waals surface area contributed by atoms with Crippen LogP contribution in [0.25, 0.3) is 0 Å². The molecule has 2 rings (SSSR count). The van der Waals surface area contributed by atoms with E-state index < -0.39 is 0 Å². The van der Waals surface area contributed by atoms with Gasteiger partial charge in [0.1, 0.15) is 5.82 Å². The van der Waals surface area contributed by atoms with Gasteiger partial charge >= 0.3 is 0 Å². The third-order valence-electron chi connectivity index (χ3n) is 4.15. The summed E-state index contributed by atoms with van der Waals surface area (Å²) in [5.41, 5.74) is 0.328. The second-order valence-electron chi connectivity index (χ2n) is 5.59. The number of hydrogen-bond donors (Lipinski definition) is 0. The van der Waals surface area contributed by atoms with Crippen LogP contribution in [0.1, 0.15) is 44.3 Å². The number of nitrogens with zero attached hydrogens (tertiary/aromatic N) is 2. The van der Waals surface area contributed by atoms with Crippen LogP contribution < -0.4 is 5.56 Å². The molecule has 3 nitrogen and oxygen atoms in total. The minimum absolute atomic E-state index is 0.109. The Hall–Kier alpha value is 0.0900. The van der Waals surface area contributed by atoms with Crippen molar-refractivity contribution in [1.29, 1.82) is 0 Å². The van der Waals surface area contributed by atoms with Gasteiger partial charge in [-0.15, -0.1) is 0 Å². The molecule has 0 atom stereocenters. The predicted molar refractivity (Wildman–Crippen MR) is 89.9 cm³/mol. The summed E-state index contributed by atoms with van der Waals surface area (Å²) in [5.74, 6) is 0.829. The Kier molecular flexibility index (Phi) is 5.45. The molecular formula is C14H20BrIN2O. The first-order valence-corrected chi connectivity index (χ1v) is 9.06. The molecule has 0 spiro atoms. The van der Waals surface area contributed by atoms with Crippen molar-refractivity contribution < 1.29 is 0 Å². The predicted octanol–water partition coefficient (Wildman–Crippen LogP) is 3.89. The molecule has 1 aromatic heterocycles. The molecule has 0 unspecified atom stereocenters. The fraction of sp³-hybridized carbons (Fsp3) is 0.714. The normalized spacial score (nSPS) is 19.1. The smallest absolute Gasteiger partial charge is 0.266 e. The first kappa shape index (κ1) is 15.5. The summed E-state index contributed by atoms with van der Waals surface area (Å²) in [4.78, 5) is 16.6. The van der Waals surface area contributed by atoms with Crippen molar-refractivity contribution in [2.24, 2.45) is 5.41 Å². The van der Waals surface area contributed by atoms with E-state index in [0.29, 0.717) is 3.57 Å². The van der Waals surface area contributed by atoms with Crippen LogP contribution >= 0.6 is 38.5 Å². The highest BCUT2D eigenvalue weighted by Crippen LogP contribution is 2.38. The third-order valence-corrected chi connectivity index (χ3v) is 6.08. The van der Waals surface area contributed by atoms with Crippen molar-refractivity contribution in [1.82, 2.24) is 9.55 Å². The lowest BCUT2D eigenvalue weighted by atomic mass is 9.82. The van der Waals surface area contributed by atoms with Crippen molar-refractivity contribution in [3.05, 3.63) is 25.9 Å². The van der Waals surface area contributed by atoms with E-state index in [0.717, 1.165) is 17.7 Å². The molecule has 1 saturated carbocycles. The maximum atomic E-state index is 12.3. The molecule has 1 heterocycles. The summed E-state index contributed by atoms with van der Waals surface area (Å²) in [7, 11) is 0. The van der Waals surface area contributed by atoms with Gasteiger partial charge in [-0.2, -0.15) is 0 Å². The SMILES string of the molecule is Cc1ncc(I)c(=O)n1CC1(CBr)CCCCCC1. The Morgan fingerprint density at radius 1 is 1.37 bits per heavy atom. The number of alkyl halides is 1.